The molecule has 1 heterocycles. The maximum atomic E-state index is 13.0. The first-order chi connectivity index (χ1) is 13.4. The molecule has 1 unspecified atom stereocenters. The minimum absolute atomic E-state index is 0.262. The van der Waals surface area contributed by atoms with E-state index in [2.05, 4.69) is 5.32 Å². The SMILES string of the molecule is CC1(c2ccc(C#N)cc2)NC(=O)N(CC(=O)c2ccc3c(c2)CCC3)C1=O. The number of nitriles is 1. The summed E-state index contributed by atoms with van der Waals surface area (Å²) in [5.41, 5.74) is 2.73. The van der Waals surface area contributed by atoms with Gasteiger partial charge in [-0.25, -0.2) is 4.79 Å². The first-order valence-corrected chi connectivity index (χ1v) is 9.22. The lowest BCUT2D eigenvalue weighted by Crippen LogP contribution is -2.41. The molecule has 0 aromatic heterocycles. The summed E-state index contributed by atoms with van der Waals surface area (Å²) in [5, 5.41) is 11.6. The first-order valence-electron chi connectivity index (χ1n) is 9.22. The second kappa shape index (κ2) is 6.61. The second-order valence-corrected chi connectivity index (χ2v) is 7.40. The molecule has 140 valence electrons. The minimum atomic E-state index is -1.26. The van der Waals surface area contributed by atoms with Gasteiger partial charge in [0.05, 0.1) is 18.2 Å². The van der Waals surface area contributed by atoms with E-state index in [-0.39, 0.29) is 12.3 Å². The highest BCUT2D eigenvalue weighted by molar-refractivity contribution is 6.11. The topological polar surface area (TPSA) is 90.3 Å². The van der Waals surface area contributed by atoms with Crippen LogP contribution in [0.5, 0.6) is 0 Å². The number of carbonyl (C=O) groups is 3. The van der Waals surface area contributed by atoms with Crippen LogP contribution in [-0.2, 0) is 23.2 Å². The number of amides is 3. The quantitative estimate of drug-likeness (QED) is 0.659. The third-order valence-corrected chi connectivity index (χ3v) is 5.59. The highest BCUT2D eigenvalue weighted by Gasteiger charge is 2.49. The Morgan fingerprint density at radius 2 is 1.86 bits per heavy atom. The number of fused-ring (bicyclic) bond motifs is 1. The normalized spacial score (nSPS) is 20.6. The fourth-order valence-electron chi connectivity index (χ4n) is 3.89. The summed E-state index contributed by atoms with van der Waals surface area (Å²) >= 11 is 0. The lowest BCUT2D eigenvalue weighted by atomic mass is 9.91. The zero-order valence-corrected chi connectivity index (χ0v) is 15.5. The Morgan fingerprint density at radius 3 is 2.57 bits per heavy atom. The number of hydrogen-bond donors (Lipinski definition) is 1. The summed E-state index contributed by atoms with van der Waals surface area (Å²) in [6.07, 6.45) is 3.07. The lowest BCUT2D eigenvalue weighted by Gasteiger charge is -2.22. The zero-order chi connectivity index (χ0) is 19.9. The van der Waals surface area contributed by atoms with Gasteiger partial charge in [-0.3, -0.25) is 14.5 Å². The van der Waals surface area contributed by atoms with Gasteiger partial charge in [0.15, 0.2) is 5.78 Å². The van der Waals surface area contributed by atoms with Gasteiger partial charge in [-0.05, 0) is 61.1 Å². The van der Waals surface area contributed by atoms with Crippen molar-refractivity contribution in [3.05, 3.63) is 70.3 Å². The minimum Gasteiger partial charge on any atom is -0.319 e. The van der Waals surface area contributed by atoms with Crippen LogP contribution >= 0.6 is 0 Å². The molecule has 1 atom stereocenters. The Bertz CT molecular complexity index is 1040. The first kappa shape index (κ1) is 17.9. The number of Topliss-reactive ketones (excluding diaryl/α,β-unsaturated/α-hetero) is 1. The lowest BCUT2D eigenvalue weighted by molar-refractivity contribution is -0.130. The zero-order valence-electron chi connectivity index (χ0n) is 15.5. The number of benzene rings is 2. The van der Waals surface area contributed by atoms with E-state index in [1.165, 1.54) is 11.1 Å². The molecule has 0 bridgehead atoms. The van der Waals surface area contributed by atoms with E-state index in [1.54, 1.807) is 37.3 Å². The Hall–Kier alpha value is -3.46. The van der Waals surface area contributed by atoms with Crippen LogP contribution in [0.3, 0.4) is 0 Å². The van der Waals surface area contributed by atoms with Crippen molar-refractivity contribution in [1.82, 2.24) is 10.2 Å². The largest absolute Gasteiger partial charge is 0.325 e. The Kier molecular flexibility index (Phi) is 4.23. The number of ketones is 1. The molecule has 2 aromatic carbocycles. The monoisotopic (exact) mass is 373 g/mol. The van der Waals surface area contributed by atoms with Crippen LogP contribution in [0.1, 0.15) is 46.0 Å². The molecule has 6 nitrogen and oxygen atoms in total. The Balaban J connectivity index is 1.55. The predicted molar refractivity (Wildman–Crippen MR) is 102 cm³/mol. The Labute approximate surface area is 162 Å². The summed E-state index contributed by atoms with van der Waals surface area (Å²) in [6, 6.07) is 13.5. The summed E-state index contributed by atoms with van der Waals surface area (Å²) in [7, 11) is 0. The van der Waals surface area contributed by atoms with Gasteiger partial charge in [0.1, 0.15) is 5.54 Å². The molecule has 28 heavy (non-hydrogen) atoms. The van der Waals surface area contributed by atoms with Gasteiger partial charge >= 0.3 is 6.03 Å². The van der Waals surface area contributed by atoms with E-state index in [4.69, 9.17) is 5.26 Å². The van der Waals surface area contributed by atoms with E-state index < -0.39 is 17.5 Å². The average Bonchev–Trinajstić information content (AvgIpc) is 3.26. The summed E-state index contributed by atoms with van der Waals surface area (Å²) < 4.78 is 0. The number of rotatable bonds is 4. The molecule has 0 radical (unpaired) electrons. The van der Waals surface area contributed by atoms with Crippen molar-refractivity contribution in [1.29, 1.82) is 5.26 Å². The van der Waals surface area contributed by atoms with Crippen molar-refractivity contribution >= 4 is 17.7 Å². The number of urea groups is 1. The van der Waals surface area contributed by atoms with Crippen LogP contribution in [0, 0.1) is 11.3 Å². The van der Waals surface area contributed by atoms with Crippen molar-refractivity contribution in [2.24, 2.45) is 0 Å². The van der Waals surface area contributed by atoms with Gasteiger partial charge in [0.2, 0.25) is 0 Å². The summed E-state index contributed by atoms with van der Waals surface area (Å²) in [6.45, 7) is 1.31. The van der Waals surface area contributed by atoms with Crippen molar-refractivity contribution < 1.29 is 14.4 Å². The molecule has 1 N–H and O–H groups in total. The molecule has 6 heteroatoms. The van der Waals surface area contributed by atoms with Crippen molar-refractivity contribution in [3.8, 4) is 6.07 Å². The van der Waals surface area contributed by atoms with Gasteiger partial charge < -0.3 is 5.32 Å². The van der Waals surface area contributed by atoms with Gasteiger partial charge in [-0.2, -0.15) is 5.26 Å². The molecule has 0 saturated carbocycles. The smallest absolute Gasteiger partial charge is 0.319 e. The number of nitrogens with one attached hydrogen (secondary N) is 1. The number of nitrogens with zero attached hydrogens (tertiary/aromatic N) is 2. The van der Waals surface area contributed by atoms with Crippen LogP contribution in [-0.4, -0.2) is 29.2 Å². The number of imide groups is 1. The number of hydrogen-bond acceptors (Lipinski definition) is 4. The van der Waals surface area contributed by atoms with E-state index >= 15 is 0 Å². The molecule has 1 saturated heterocycles. The molecule has 2 aliphatic rings. The molecule has 4 rings (SSSR count). The van der Waals surface area contributed by atoms with Crippen LogP contribution < -0.4 is 5.32 Å². The summed E-state index contributed by atoms with van der Waals surface area (Å²) in [5.74, 6) is -0.737. The molecule has 0 spiro atoms. The molecule has 1 aliphatic heterocycles. The number of aryl methyl sites for hydroxylation is 2. The maximum absolute atomic E-state index is 13.0. The molecule has 3 amide bonds. The van der Waals surface area contributed by atoms with Gasteiger partial charge in [-0.1, -0.05) is 24.3 Å². The van der Waals surface area contributed by atoms with Gasteiger partial charge in [0, 0.05) is 5.56 Å². The molecule has 2 aromatic rings. The maximum Gasteiger partial charge on any atom is 0.325 e. The van der Waals surface area contributed by atoms with Crippen LogP contribution in [0.15, 0.2) is 42.5 Å². The van der Waals surface area contributed by atoms with E-state index in [0.717, 1.165) is 24.2 Å². The van der Waals surface area contributed by atoms with Crippen molar-refractivity contribution in [2.45, 2.75) is 31.7 Å². The standard InChI is InChI=1S/C22H19N3O3/c1-22(18-9-5-14(12-23)6-10-18)20(27)25(21(28)24-22)13-19(26)17-8-7-15-3-2-4-16(15)11-17/h5-11H,2-4,13H2,1H3,(H,24,28). The van der Waals surface area contributed by atoms with Crippen molar-refractivity contribution in [2.75, 3.05) is 6.54 Å². The highest BCUT2D eigenvalue weighted by atomic mass is 16.2. The third-order valence-electron chi connectivity index (χ3n) is 5.59. The second-order valence-electron chi connectivity index (χ2n) is 7.40. The van der Waals surface area contributed by atoms with E-state index in [9.17, 15) is 14.4 Å². The van der Waals surface area contributed by atoms with Gasteiger partial charge in [-0.15, -0.1) is 0 Å². The number of carbonyl (C=O) groups excluding carboxylic acids is 3. The fourth-order valence-corrected chi connectivity index (χ4v) is 3.89. The van der Waals surface area contributed by atoms with Gasteiger partial charge in [0.25, 0.3) is 5.91 Å². The molecular formula is C22H19N3O3. The van der Waals surface area contributed by atoms with Crippen LogP contribution in [0.25, 0.3) is 0 Å². The van der Waals surface area contributed by atoms with E-state index in [0.29, 0.717) is 16.7 Å². The third kappa shape index (κ3) is 2.85. The van der Waals surface area contributed by atoms with E-state index in [1.807, 2.05) is 18.2 Å². The fraction of sp³-hybridized carbons (Fsp3) is 0.273. The molecule has 1 fully saturated rings. The molecular weight excluding hydrogens is 354 g/mol. The van der Waals surface area contributed by atoms with Crippen molar-refractivity contribution in [3.63, 3.8) is 0 Å². The average molecular weight is 373 g/mol. The Morgan fingerprint density at radius 1 is 1.14 bits per heavy atom. The highest BCUT2D eigenvalue weighted by Crippen LogP contribution is 2.29. The van der Waals surface area contributed by atoms with Crippen LogP contribution in [0.4, 0.5) is 4.79 Å². The predicted octanol–water partition coefficient (Wildman–Crippen LogP) is 2.70. The summed E-state index contributed by atoms with van der Waals surface area (Å²) in [4.78, 5) is 39.1. The molecule has 1 aliphatic carbocycles. The van der Waals surface area contributed by atoms with Crippen LogP contribution in [0.2, 0.25) is 0 Å².